The molecule has 0 amide bonds. The lowest BCUT2D eigenvalue weighted by atomic mass is 9.76. The molecule has 1 saturated heterocycles. The van der Waals surface area contributed by atoms with Crippen LogP contribution in [0.2, 0.25) is 0 Å². The summed E-state index contributed by atoms with van der Waals surface area (Å²) in [5, 5.41) is 41.2. The predicted octanol–water partition coefficient (Wildman–Crippen LogP) is 1.82. The van der Waals surface area contributed by atoms with Crippen LogP contribution in [0, 0.1) is 5.92 Å². The summed E-state index contributed by atoms with van der Waals surface area (Å²) in [6, 6.07) is 3.82. The second-order valence-electron chi connectivity index (χ2n) is 10.0. The fraction of sp³-hybridized carbons (Fsp3) is 0.464. The first-order valence-electron chi connectivity index (χ1n) is 12.7. The molecule has 0 aromatic heterocycles. The van der Waals surface area contributed by atoms with Crippen molar-refractivity contribution in [2.24, 2.45) is 11.7 Å². The van der Waals surface area contributed by atoms with Crippen LogP contribution in [0.25, 0.3) is 0 Å². The Morgan fingerprint density at radius 2 is 1.95 bits per heavy atom. The zero-order chi connectivity index (χ0) is 28.6. The van der Waals surface area contributed by atoms with E-state index < -0.39 is 77.4 Å². The summed E-state index contributed by atoms with van der Waals surface area (Å²) in [6.07, 6.45) is -2.69. The van der Waals surface area contributed by atoms with Crippen molar-refractivity contribution in [1.29, 1.82) is 0 Å². The maximum Gasteiger partial charge on any atom is 0.202 e. The number of carbonyl (C=O) groups is 3. The van der Waals surface area contributed by atoms with E-state index in [0.717, 1.165) is 0 Å². The molecule has 1 aliphatic heterocycles. The summed E-state index contributed by atoms with van der Waals surface area (Å²) >= 11 is 0. The number of rotatable bonds is 6. The molecule has 11 nitrogen and oxygen atoms in total. The molecule has 5 unspecified atom stereocenters. The minimum atomic E-state index is -1.01. The summed E-state index contributed by atoms with van der Waals surface area (Å²) in [7, 11) is 1.34. The van der Waals surface area contributed by atoms with Gasteiger partial charge in [-0.2, -0.15) is 0 Å². The van der Waals surface area contributed by atoms with E-state index in [-0.39, 0.29) is 41.7 Å². The van der Waals surface area contributed by atoms with Gasteiger partial charge < -0.3 is 40.4 Å². The number of allylic oxidation sites excluding steroid dienone is 3. The van der Waals surface area contributed by atoms with Crippen molar-refractivity contribution in [2.75, 3.05) is 13.7 Å². The molecule has 11 heteroatoms. The van der Waals surface area contributed by atoms with Crippen LogP contribution in [0.5, 0.6) is 5.75 Å². The van der Waals surface area contributed by atoms with Crippen molar-refractivity contribution in [3.05, 3.63) is 63.6 Å². The smallest absolute Gasteiger partial charge is 0.202 e. The summed E-state index contributed by atoms with van der Waals surface area (Å²) in [6.45, 7) is 2.60. The predicted molar refractivity (Wildman–Crippen MR) is 137 cm³/mol. The summed E-state index contributed by atoms with van der Waals surface area (Å²) < 4.78 is 17.2. The topological polar surface area (TPSA) is 186 Å². The number of hydrogen-bond donors (Lipinski definition) is 5. The minimum absolute atomic E-state index is 0.0177. The summed E-state index contributed by atoms with van der Waals surface area (Å²) in [5.74, 6) is -2.94. The van der Waals surface area contributed by atoms with Crippen molar-refractivity contribution >= 4 is 17.3 Å². The van der Waals surface area contributed by atoms with Gasteiger partial charge in [-0.05, 0) is 32.8 Å². The van der Waals surface area contributed by atoms with Gasteiger partial charge in [0.2, 0.25) is 5.78 Å². The Balaban J connectivity index is 1.83. The maximum absolute atomic E-state index is 13.7. The Kier molecular flexibility index (Phi) is 8.38. The monoisotopic (exact) mass is 543 g/mol. The van der Waals surface area contributed by atoms with Gasteiger partial charge in [-0.1, -0.05) is 17.7 Å². The van der Waals surface area contributed by atoms with Crippen LogP contribution in [0.3, 0.4) is 0 Å². The summed E-state index contributed by atoms with van der Waals surface area (Å²) in [5.41, 5.74) is 5.81. The lowest BCUT2D eigenvalue weighted by Crippen LogP contribution is -2.52. The van der Waals surface area contributed by atoms with Crippen LogP contribution in [-0.2, 0) is 14.3 Å². The van der Waals surface area contributed by atoms with E-state index in [1.807, 2.05) is 0 Å². The molecule has 210 valence electrons. The third kappa shape index (κ3) is 5.15. The number of ketones is 3. The van der Waals surface area contributed by atoms with Gasteiger partial charge in [0.1, 0.15) is 18.1 Å². The number of methoxy groups -OCH3 is 1. The van der Waals surface area contributed by atoms with E-state index in [4.69, 9.17) is 19.9 Å². The van der Waals surface area contributed by atoms with Gasteiger partial charge in [-0.15, -0.1) is 0 Å². The highest BCUT2D eigenvalue weighted by molar-refractivity contribution is 6.32. The van der Waals surface area contributed by atoms with Crippen LogP contribution in [0.15, 0.2) is 52.5 Å². The molecule has 6 atom stereocenters. The Bertz CT molecular complexity index is 1270. The Hall–Kier alpha value is -3.35. The first-order chi connectivity index (χ1) is 18.5. The molecule has 1 aromatic carbocycles. The molecule has 4 rings (SSSR count). The molecule has 1 fully saturated rings. The van der Waals surface area contributed by atoms with E-state index in [1.165, 1.54) is 25.3 Å². The van der Waals surface area contributed by atoms with Gasteiger partial charge in [0.25, 0.3) is 0 Å². The molecule has 1 aromatic rings. The van der Waals surface area contributed by atoms with Gasteiger partial charge in [0.05, 0.1) is 48.4 Å². The van der Waals surface area contributed by atoms with Crippen LogP contribution >= 0.6 is 0 Å². The van der Waals surface area contributed by atoms with E-state index in [9.17, 15) is 34.8 Å². The Labute approximate surface area is 225 Å². The number of carbonyl (C=O) groups excluding carboxylic acids is 3. The number of aliphatic hydroxyl groups excluding tert-OH is 4. The van der Waals surface area contributed by atoms with E-state index in [0.29, 0.717) is 11.8 Å². The second kappa shape index (κ2) is 11.4. The van der Waals surface area contributed by atoms with Crippen molar-refractivity contribution in [3.63, 3.8) is 0 Å². The van der Waals surface area contributed by atoms with Gasteiger partial charge in [-0.3, -0.25) is 14.4 Å². The van der Waals surface area contributed by atoms with Gasteiger partial charge in [0.15, 0.2) is 17.9 Å². The normalized spacial score (nSPS) is 31.8. The number of nitrogens with two attached hydrogens (primary N) is 1. The molecule has 6 N–H and O–H groups in total. The lowest BCUT2D eigenvalue weighted by molar-refractivity contribution is -0.236. The quantitative estimate of drug-likeness (QED) is 0.260. The minimum Gasteiger partial charge on any atom is -0.515 e. The van der Waals surface area contributed by atoms with E-state index >= 15 is 0 Å². The van der Waals surface area contributed by atoms with Crippen LogP contribution in [0.1, 0.15) is 53.8 Å². The van der Waals surface area contributed by atoms with Crippen molar-refractivity contribution in [2.45, 2.75) is 63.8 Å². The fourth-order valence-corrected chi connectivity index (χ4v) is 5.55. The van der Waals surface area contributed by atoms with Crippen LogP contribution in [-0.4, -0.2) is 82.1 Å². The Morgan fingerprint density at radius 3 is 2.56 bits per heavy atom. The van der Waals surface area contributed by atoms with Gasteiger partial charge in [-0.25, -0.2) is 0 Å². The largest absolute Gasteiger partial charge is 0.515 e. The van der Waals surface area contributed by atoms with Gasteiger partial charge in [0, 0.05) is 29.5 Å². The molecule has 0 radical (unpaired) electrons. The van der Waals surface area contributed by atoms with Crippen molar-refractivity contribution < 1.29 is 49.0 Å². The summed E-state index contributed by atoms with van der Waals surface area (Å²) in [4.78, 5) is 39.4. The number of aliphatic hydroxyl groups is 4. The zero-order valence-corrected chi connectivity index (χ0v) is 21.9. The number of ether oxygens (including phenoxy) is 3. The first-order valence-corrected chi connectivity index (χ1v) is 12.7. The van der Waals surface area contributed by atoms with E-state index in [2.05, 4.69) is 0 Å². The molecular weight excluding hydrogens is 510 g/mol. The standard InChI is InChI=1S/C28H33NO10/c1-12-7-14(18(32)11-31)8-20(39-21-9-17(29)25(33)13(2)38-21)22(12)27(35)24-16(10-30)26(34)15-5-4-6-19(37-3)23(15)28(24)36/h4-6,10,13-14,17,20-21,25,30-31,33,35H,7-9,11,29H2,1-3H3/b16-10-,27-24-/t13?,14?,17?,20-,21?,25?/m0/s1. The molecule has 39 heavy (non-hydrogen) atoms. The SMILES string of the molecule is COc1cccc2c1C(=O)C(=C(\O)C1=C(C)CC(C(=O)CO)C[C@@H]1OC1CC(N)C(O)C(C)O1)/C(=C/O)C2=O. The highest BCUT2D eigenvalue weighted by Gasteiger charge is 2.43. The first kappa shape index (κ1) is 28.7. The van der Waals surface area contributed by atoms with Gasteiger partial charge >= 0.3 is 0 Å². The molecule has 0 saturated carbocycles. The van der Waals surface area contributed by atoms with Crippen LogP contribution in [0.4, 0.5) is 0 Å². The molecule has 3 aliphatic rings. The average molecular weight is 544 g/mol. The Morgan fingerprint density at radius 1 is 1.23 bits per heavy atom. The van der Waals surface area contributed by atoms with Crippen LogP contribution < -0.4 is 10.5 Å². The van der Waals surface area contributed by atoms with E-state index in [1.54, 1.807) is 13.8 Å². The third-order valence-electron chi connectivity index (χ3n) is 7.59. The fourth-order valence-electron chi connectivity index (χ4n) is 5.55. The molecule has 0 spiro atoms. The average Bonchev–Trinajstić information content (AvgIpc) is 2.91. The second-order valence-corrected chi connectivity index (χ2v) is 10.0. The third-order valence-corrected chi connectivity index (χ3v) is 7.59. The van der Waals surface area contributed by atoms with Crippen molar-refractivity contribution in [1.82, 2.24) is 0 Å². The number of fused-ring (bicyclic) bond motifs is 1. The highest BCUT2D eigenvalue weighted by Crippen LogP contribution is 2.42. The number of hydrogen-bond acceptors (Lipinski definition) is 11. The highest BCUT2D eigenvalue weighted by atomic mass is 16.7. The number of Topliss-reactive ketones (excluding diaryl/α,β-unsaturated/α-hetero) is 3. The molecular formula is C28H33NO10. The lowest BCUT2D eigenvalue weighted by Gasteiger charge is -2.40. The molecule has 2 aliphatic carbocycles. The zero-order valence-electron chi connectivity index (χ0n) is 21.9. The molecule has 0 bridgehead atoms. The maximum atomic E-state index is 13.7. The molecule has 1 heterocycles. The number of benzene rings is 1. The van der Waals surface area contributed by atoms with Crippen molar-refractivity contribution in [3.8, 4) is 5.75 Å².